The maximum Gasteiger partial charge on any atom is 0.255 e. The summed E-state index contributed by atoms with van der Waals surface area (Å²) in [5, 5.41) is 12.9. The zero-order chi connectivity index (χ0) is 20.8. The predicted molar refractivity (Wildman–Crippen MR) is 117 cm³/mol. The molecule has 0 aliphatic heterocycles. The molecule has 4 rings (SSSR count). The smallest absolute Gasteiger partial charge is 0.255 e. The average molecular weight is 425 g/mol. The summed E-state index contributed by atoms with van der Waals surface area (Å²) in [6.07, 6.45) is 10.3. The van der Waals surface area contributed by atoms with Crippen molar-refractivity contribution in [2.24, 2.45) is 13.0 Å². The Morgan fingerprint density at radius 2 is 2.00 bits per heavy atom. The molecule has 2 heterocycles. The lowest BCUT2D eigenvalue weighted by Gasteiger charge is -2.21. The fourth-order valence-corrected chi connectivity index (χ4v) is 5.10. The molecule has 1 atom stereocenters. The number of nitrogens with zero attached hydrogens (tertiary/aromatic N) is 3. The highest BCUT2D eigenvalue weighted by Gasteiger charge is 2.24. The van der Waals surface area contributed by atoms with Crippen LogP contribution >= 0.6 is 11.8 Å². The summed E-state index contributed by atoms with van der Waals surface area (Å²) in [5.41, 5.74) is 1.64. The third-order valence-corrected chi connectivity index (χ3v) is 6.98. The Morgan fingerprint density at radius 3 is 2.73 bits per heavy atom. The van der Waals surface area contributed by atoms with E-state index >= 15 is 0 Å². The van der Waals surface area contributed by atoms with E-state index < -0.39 is 0 Å². The van der Waals surface area contributed by atoms with E-state index in [9.17, 15) is 4.79 Å². The van der Waals surface area contributed by atoms with Crippen LogP contribution in [-0.2, 0) is 13.5 Å². The Morgan fingerprint density at radius 1 is 1.20 bits per heavy atom. The third kappa shape index (κ3) is 5.14. The predicted octanol–water partition coefficient (Wildman–Crippen LogP) is 4.79. The lowest BCUT2D eigenvalue weighted by Crippen LogP contribution is -2.31. The van der Waals surface area contributed by atoms with Gasteiger partial charge in [-0.1, -0.05) is 61.4 Å². The van der Waals surface area contributed by atoms with Crippen molar-refractivity contribution >= 4 is 17.7 Å². The van der Waals surface area contributed by atoms with Crippen molar-refractivity contribution < 1.29 is 9.21 Å². The Kier molecular flexibility index (Phi) is 6.89. The third-order valence-electron chi connectivity index (χ3n) is 5.72. The summed E-state index contributed by atoms with van der Waals surface area (Å²) >= 11 is 1.78. The first-order valence-electron chi connectivity index (χ1n) is 10.6. The maximum absolute atomic E-state index is 12.7. The van der Waals surface area contributed by atoms with Crippen LogP contribution in [0.3, 0.4) is 0 Å². The number of hydrogen-bond donors (Lipinski definition) is 1. The number of rotatable bonds is 8. The average Bonchev–Trinajstić information content (AvgIpc) is 3.44. The Hall–Kier alpha value is -2.54. The number of thioether (sulfide) groups is 1. The zero-order valence-corrected chi connectivity index (χ0v) is 18.1. The molecule has 1 saturated carbocycles. The number of carbonyl (C=O) groups excluding carboxylic acids is 1. The molecule has 6 nitrogen and oxygen atoms in total. The summed E-state index contributed by atoms with van der Waals surface area (Å²) < 4.78 is 7.09. The first kappa shape index (κ1) is 20.7. The fourth-order valence-electron chi connectivity index (χ4n) is 3.99. The lowest BCUT2D eigenvalue weighted by molar-refractivity contribution is 0.0933. The summed E-state index contributed by atoms with van der Waals surface area (Å²) in [5.74, 6) is 2.44. The van der Waals surface area contributed by atoms with E-state index in [0.717, 1.165) is 28.2 Å². The van der Waals surface area contributed by atoms with Crippen molar-refractivity contribution in [1.29, 1.82) is 0 Å². The maximum atomic E-state index is 12.7. The van der Waals surface area contributed by atoms with Crippen molar-refractivity contribution in [3.8, 4) is 0 Å². The molecule has 30 heavy (non-hydrogen) atoms. The van der Waals surface area contributed by atoms with Gasteiger partial charge in [0.1, 0.15) is 6.26 Å². The molecule has 0 bridgehead atoms. The summed E-state index contributed by atoms with van der Waals surface area (Å²) in [6.45, 7) is 0. The van der Waals surface area contributed by atoms with Crippen LogP contribution in [0.1, 0.15) is 59.9 Å². The van der Waals surface area contributed by atoms with Gasteiger partial charge < -0.3 is 14.3 Å². The second-order valence-electron chi connectivity index (χ2n) is 7.94. The van der Waals surface area contributed by atoms with E-state index in [4.69, 9.17) is 4.42 Å². The molecule has 0 unspecified atom stereocenters. The molecule has 158 valence electrons. The van der Waals surface area contributed by atoms with E-state index in [-0.39, 0.29) is 11.9 Å². The molecule has 2 aromatic heterocycles. The Balaban J connectivity index is 1.50. The zero-order valence-electron chi connectivity index (χ0n) is 17.3. The fraction of sp³-hybridized carbons (Fsp3) is 0.435. The van der Waals surface area contributed by atoms with Gasteiger partial charge in [0.25, 0.3) is 5.91 Å². The molecule has 3 aromatic rings. The van der Waals surface area contributed by atoms with Crippen LogP contribution < -0.4 is 5.32 Å². The molecule has 1 aliphatic rings. The number of aromatic nitrogens is 3. The first-order chi connectivity index (χ1) is 14.7. The molecule has 1 aromatic carbocycles. The van der Waals surface area contributed by atoms with Gasteiger partial charge in [-0.3, -0.25) is 4.79 Å². The second-order valence-corrected chi connectivity index (χ2v) is 8.93. The van der Waals surface area contributed by atoms with E-state index in [0.29, 0.717) is 12.0 Å². The highest BCUT2D eigenvalue weighted by atomic mass is 32.2. The number of benzene rings is 1. The van der Waals surface area contributed by atoms with Crippen LogP contribution in [0.25, 0.3) is 0 Å². The number of amides is 1. The Bertz CT molecular complexity index is 934. The lowest BCUT2D eigenvalue weighted by atomic mass is 9.91. The van der Waals surface area contributed by atoms with Gasteiger partial charge in [-0.25, -0.2) is 0 Å². The van der Waals surface area contributed by atoms with Crippen LogP contribution in [0.15, 0.2) is 58.5 Å². The minimum absolute atomic E-state index is 0.177. The van der Waals surface area contributed by atoms with E-state index in [1.54, 1.807) is 17.8 Å². The van der Waals surface area contributed by atoms with Crippen LogP contribution in [0, 0.1) is 5.92 Å². The van der Waals surface area contributed by atoms with E-state index in [2.05, 4.69) is 27.6 Å². The van der Waals surface area contributed by atoms with Gasteiger partial charge in [-0.2, -0.15) is 0 Å². The SMILES string of the molecule is Cn1c(SCC2CCCCC2)nnc1[C@@H](Cc1ccccc1)NC(=O)c1ccoc1. The molecule has 1 aliphatic carbocycles. The second kappa shape index (κ2) is 9.98. The standard InChI is InChI=1S/C23H28N4O2S/c1-27-21(25-26-23(27)30-16-18-10-6-3-7-11-18)20(14-17-8-4-2-5-9-17)24-22(28)19-12-13-29-15-19/h2,4-5,8-9,12-13,15,18,20H,3,6-7,10-11,14,16H2,1H3,(H,24,28)/t20-/m1/s1. The van der Waals surface area contributed by atoms with Gasteiger partial charge in [0, 0.05) is 12.8 Å². The van der Waals surface area contributed by atoms with E-state index in [1.807, 2.05) is 29.8 Å². The quantitative estimate of drug-likeness (QED) is 0.526. The summed E-state index contributed by atoms with van der Waals surface area (Å²) in [6, 6.07) is 11.5. The molecule has 1 N–H and O–H groups in total. The van der Waals surface area contributed by atoms with Gasteiger partial charge in [0.2, 0.25) is 0 Å². The highest BCUT2D eigenvalue weighted by Crippen LogP contribution is 2.30. The monoisotopic (exact) mass is 424 g/mol. The highest BCUT2D eigenvalue weighted by molar-refractivity contribution is 7.99. The Labute approximate surface area is 181 Å². The van der Waals surface area contributed by atoms with Crippen molar-refractivity contribution in [1.82, 2.24) is 20.1 Å². The van der Waals surface area contributed by atoms with Gasteiger partial charge in [-0.15, -0.1) is 10.2 Å². The minimum atomic E-state index is -0.281. The van der Waals surface area contributed by atoms with Crippen LogP contribution in [0.5, 0.6) is 0 Å². The van der Waals surface area contributed by atoms with Crippen molar-refractivity contribution in [3.63, 3.8) is 0 Å². The van der Waals surface area contributed by atoms with Crippen molar-refractivity contribution in [2.75, 3.05) is 5.75 Å². The number of carbonyl (C=O) groups is 1. The topological polar surface area (TPSA) is 73.0 Å². The molecule has 1 amide bonds. The van der Waals surface area contributed by atoms with E-state index in [1.165, 1.54) is 44.6 Å². The summed E-state index contributed by atoms with van der Waals surface area (Å²) in [4.78, 5) is 12.7. The molecule has 0 spiro atoms. The van der Waals surface area contributed by atoms with Crippen LogP contribution in [-0.4, -0.2) is 26.4 Å². The first-order valence-corrected chi connectivity index (χ1v) is 11.6. The summed E-state index contributed by atoms with van der Waals surface area (Å²) in [7, 11) is 1.99. The van der Waals surface area contributed by atoms with Gasteiger partial charge >= 0.3 is 0 Å². The van der Waals surface area contributed by atoms with Crippen LogP contribution in [0.4, 0.5) is 0 Å². The molecular formula is C23H28N4O2S. The van der Waals surface area contributed by atoms with Crippen molar-refractivity contribution in [2.45, 2.75) is 49.7 Å². The molecule has 7 heteroatoms. The minimum Gasteiger partial charge on any atom is -0.472 e. The number of furan rings is 1. The van der Waals surface area contributed by atoms with Gasteiger partial charge in [0.15, 0.2) is 11.0 Å². The van der Waals surface area contributed by atoms with Crippen molar-refractivity contribution in [3.05, 3.63) is 65.9 Å². The molecule has 0 saturated heterocycles. The largest absolute Gasteiger partial charge is 0.472 e. The normalized spacial score (nSPS) is 15.8. The molecule has 0 radical (unpaired) electrons. The number of hydrogen-bond acceptors (Lipinski definition) is 5. The number of nitrogens with one attached hydrogen (secondary N) is 1. The van der Waals surface area contributed by atoms with Gasteiger partial charge in [-0.05, 0) is 36.8 Å². The van der Waals surface area contributed by atoms with Crippen LogP contribution in [0.2, 0.25) is 0 Å². The van der Waals surface area contributed by atoms with Gasteiger partial charge in [0.05, 0.1) is 17.9 Å². The molecule has 1 fully saturated rings. The molecular weight excluding hydrogens is 396 g/mol.